The summed E-state index contributed by atoms with van der Waals surface area (Å²) in [6.45, 7) is 6.66. The summed E-state index contributed by atoms with van der Waals surface area (Å²) in [5.41, 5.74) is 2.69. The van der Waals surface area contributed by atoms with Crippen LogP contribution in [0, 0.1) is 35.5 Å². The highest BCUT2D eigenvalue weighted by atomic mass is 32.2. The lowest BCUT2D eigenvalue weighted by atomic mass is 9.74. The van der Waals surface area contributed by atoms with Gasteiger partial charge in [0.15, 0.2) is 0 Å². The molecule has 0 aromatic carbocycles. The van der Waals surface area contributed by atoms with Crippen LogP contribution < -0.4 is 5.43 Å². The molecular formula is C28H47F3N4O3S. The number of likely N-dealkylation sites (tertiary alicyclic amines) is 1. The van der Waals surface area contributed by atoms with Crippen molar-refractivity contribution in [1.29, 1.82) is 0 Å². The Morgan fingerprint density at radius 2 is 1.49 bits per heavy atom. The van der Waals surface area contributed by atoms with E-state index in [1.807, 2.05) is 0 Å². The van der Waals surface area contributed by atoms with Gasteiger partial charge in [-0.05, 0) is 74.5 Å². The molecule has 39 heavy (non-hydrogen) atoms. The number of hydrazine groups is 1. The molecule has 0 spiro atoms. The third-order valence-corrected chi connectivity index (χ3v) is 12.4. The number of nitrogens with one attached hydrogen (secondary N) is 1. The molecule has 0 aromatic heterocycles. The van der Waals surface area contributed by atoms with E-state index in [2.05, 4.69) is 19.3 Å². The Balaban J connectivity index is 1.23. The van der Waals surface area contributed by atoms with Gasteiger partial charge < -0.3 is 4.90 Å². The van der Waals surface area contributed by atoms with Crippen LogP contribution in [-0.2, 0) is 14.8 Å². The van der Waals surface area contributed by atoms with Gasteiger partial charge >= 0.3 is 6.18 Å². The molecule has 1 N–H and O–H groups in total. The summed E-state index contributed by atoms with van der Waals surface area (Å²) in [6, 6.07) is -2.34. The molecule has 6 unspecified atom stereocenters. The first-order chi connectivity index (χ1) is 18.4. The molecule has 5 fully saturated rings. The number of nitrogens with zero attached hydrogens (tertiary/aromatic N) is 3. The minimum Gasteiger partial charge on any atom is -0.342 e. The topological polar surface area (TPSA) is 73.0 Å². The third kappa shape index (κ3) is 6.61. The Bertz CT molecular complexity index is 956. The number of alkyl halides is 3. The van der Waals surface area contributed by atoms with E-state index in [1.54, 1.807) is 14.2 Å². The van der Waals surface area contributed by atoms with Gasteiger partial charge in [-0.1, -0.05) is 33.1 Å². The van der Waals surface area contributed by atoms with E-state index in [9.17, 15) is 26.4 Å². The fraction of sp³-hybridized carbons (Fsp3) is 0.964. The normalized spacial score (nSPS) is 36.7. The molecule has 11 heteroatoms. The summed E-state index contributed by atoms with van der Waals surface area (Å²) in [5, 5.41) is 1.69. The van der Waals surface area contributed by atoms with Crippen LogP contribution in [0.1, 0.15) is 78.1 Å². The fourth-order valence-corrected chi connectivity index (χ4v) is 10.4. The van der Waals surface area contributed by atoms with Crippen LogP contribution in [0.4, 0.5) is 13.2 Å². The van der Waals surface area contributed by atoms with E-state index in [0.717, 1.165) is 51.4 Å². The second-order valence-electron chi connectivity index (χ2n) is 13.4. The van der Waals surface area contributed by atoms with Crippen molar-refractivity contribution in [3.8, 4) is 0 Å². The summed E-state index contributed by atoms with van der Waals surface area (Å²) < 4.78 is 70.4. The molecule has 1 amide bonds. The standard InChI is InChI=1S/C28H47F3N4O3S/c1-19-14-20(2)17-33(16-19)27(36)25-24-15-23(10-13-35(24)32-26(25)28(29,30)31)22-8-11-34(12-9-22)39(37,38)18-21-6-4-3-5-7-21/h19-26,32H,3-18H2,1-2H3. The second-order valence-corrected chi connectivity index (χ2v) is 15.4. The number of amides is 1. The molecule has 5 aliphatic rings. The zero-order valence-electron chi connectivity index (χ0n) is 23.5. The largest absolute Gasteiger partial charge is 0.406 e. The second kappa shape index (κ2) is 11.8. The Morgan fingerprint density at radius 1 is 0.872 bits per heavy atom. The molecule has 1 saturated carbocycles. The van der Waals surface area contributed by atoms with Crippen LogP contribution in [0.3, 0.4) is 0 Å². The molecule has 0 radical (unpaired) electrons. The zero-order chi connectivity index (χ0) is 27.9. The molecule has 5 rings (SSSR count). The third-order valence-electron chi connectivity index (χ3n) is 10.3. The summed E-state index contributed by atoms with van der Waals surface area (Å²) in [7, 11) is -3.28. The van der Waals surface area contributed by atoms with Gasteiger partial charge in [0.25, 0.3) is 0 Å². The Hall–Kier alpha value is -0.910. The molecule has 6 atom stereocenters. The molecule has 4 heterocycles. The predicted molar refractivity (Wildman–Crippen MR) is 144 cm³/mol. The first kappa shape index (κ1) is 29.6. The maximum Gasteiger partial charge on any atom is 0.406 e. The highest BCUT2D eigenvalue weighted by Gasteiger charge is 2.59. The van der Waals surface area contributed by atoms with Crippen molar-refractivity contribution in [3.05, 3.63) is 0 Å². The number of carbonyl (C=O) groups is 1. The van der Waals surface area contributed by atoms with Crippen LogP contribution in [0.15, 0.2) is 0 Å². The molecule has 4 aliphatic heterocycles. The van der Waals surface area contributed by atoms with Crippen molar-refractivity contribution in [2.45, 2.75) is 96.3 Å². The Morgan fingerprint density at radius 3 is 2.10 bits per heavy atom. The summed E-state index contributed by atoms with van der Waals surface area (Å²) in [4.78, 5) is 15.4. The summed E-state index contributed by atoms with van der Waals surface area (Å²) in [6.07, 6.45) is 4.73. The molecule has 7 nitrogen and oxygen atoms in total. The summed E-state index contributed by atoms with van der Waals surface area (Å²) in [5.74, 6) is 0.0723. The number of rotatable bonds is 5. The van der Waals surface area contributed by atoms with Crippen molar-refractivity contribution >= 4 is 15.9 Å². The SMILES string of the molecule is CC1CC(C)CN(C(=O)C2C3CC(C4CCN(S(=O)(=O)CC5CCCCC5)CC4)CCN3NC2C(F)(F)F)C1. The molecule has 4 saturated heterocycles. The number of piperidine rings is 3. The number of fused-ring (bicyclic) bond motifs is 1. The number of hydrogen-bond acceptors (Lipinski definition) is 5. The molecule has 0 bridgehead atoms. The van der Waals surface area contributed by atoms with E-state index in [4.69, 9.17) is 0 Å². The highest BCUT2D eigenvalue weighted by Crippen LogP contribution is 2.44. The van der Waals surface area contributed by atoms with Gasteiger partial charge in [0, 0.05) is 38.8 Å². The van der Waals surface area contributed by atoms with Crippen molar-refractivity contribution in [3.63, 3.8) is 0 Å². The van der Waals surface area contributed by atoms with E-state index in [0.29, 0.717) is 39.1 Å². The van der Waals surface area contributed by atoms with E-state index >= 15 is 0 Å². The van der Waals surface area contributed by atoms with Crippen LogP contribution in [0.25, 0.3) is 0 Å². The maximum atomic E-state index is 14.2. The zero-order valence-corrected chi connectivity index (χ0v) is 24.4. The molecule has 0 aromatic rings. The maximum absolute atomic E-state index is 14.2. The Kier molecular flexibility index (Phi) is 8.92. The monoisotopic (exact) mass is 576 g/mol. The van der Waals surface area contributed by atoms with Crippen LogP contribution in [-0.4, -0.2) is 85.3 Å². The van der Waals surface area contributed by atoms with Gasteiger partial charge in [-0.25, -0.2) is 23.2 Å². The number of carbonyl (C=O) groups excluding carboxylic acids is 1. The fourth-order valence-electron chi connectivity index (χ4n) is 8.46. The minimum atomic E-state index is -4.50. The first-order valence-electron chi connectivity index (χ1n) is 15.3. The minimum absolute atomic E-state index is 0.206. The van der Waals surface area contributed by atoms with Gasteiger partial charge in [-0.2, -0.15) is 13.2 Å². The van der Waals surface area contributed by atoms with Gasteiger partial charge in [-0.3, -0.25) is 4.79 Å². The van der Waals surface area contributed by atoms with Crippen molar-refractivity contribution < 1.29 is 26.4 Å². The highest BCUT2D eigenvalue weighted by molar-refractivity contribution is 7.89. The number of sulfonamides is 1. The molecule has 1 aliphatic carbocycles. The van der Waals surface area contributed by atoms with Crippen LogP contribution in [0.2, 0.25) is 0 Å². The van der Waals surface area contributed by atoms with E-state index in [1.165, 1.54) is 6.42 Å². The lowest BCUT2D eigenvalue weighted by Gasteiger charge is -2.43. The van der Waals surface area contributed by atoms with Gasteiger partial charge in [0.1, 0.15) is 6.04 Å². The quantitative estimate of drug-likeness (QED) is 0.530. The van der Waals surface area contributed by atoms with Crippen molar-refractivity contribution in [2.75, 3.05) is 38.5 Å². The number of halogens is 3. The van der Waals surface area contributed by atoms with Crippen LogP contribution >= 0.6 is 0 Å². The van der Waals surface area contributed by atoms with Gasteiger partial charge in [0.05, 0.1) is 11.7 Å². The lowest BCUT2D eigenvalue weighted by molar-refractivity contribution is -0.173. The van der Waals surface area contributed by atoms with Gasteiger partial charge in [-0.15, -0.1) is 0 Å². The lowest BCUT2D eigenvalue weighted by Crippen LogP contribution is -2.53. The van der Waals surface area contributed by atoms with Crippen molar-refractivity contribution in [1.82, 2.24) is 19.6 Å². The van der Waals surface area contributed by atoms with Crippen LogP contribution in [0.5, 0.6) is 0 Å². The number of hydrogen-bond donors (Lipinski definition) is 1. The first-order valence-corrected chi connectivity index (χ1v) is 16.9. The Labute approximate surface area is 232 Å². The average molecular weight is 577 g/mol. The average Bonchev–Trinajstić information content (AvgIpc) is 3.28. The van der Waals surface area contributed by atoms with Crippen molar-refractivity contribution in [2.24, 2.45) is 35.5 Å². The molecule has 224 valence electrons. The predicted octanol–water partition coefficient (Wildman–Crippen LogP) is 4.26. The van der Waals surface area contributed by atoms with E-state index < -0.39 is 34.2 Å². The van der Waals surface area contributed by atoms with E-state index in [-0.39, 0.29) is 41.2 Å². The molecular weight excluding hydrogens is 529 g/mol. The smallest absolute Gasteiger partial charge is 0.342 e. The van der Waals surface area contributed by atoms with Gasteiger partial charge in [0.2, 0.25) is 15.9 Å². The summed E-state index contributed by atoms with van der Waals surface area (Å²) >= 11 is 0.